The summed E-state index contributed by atoms with van der Waals surface area (Å²) in [7, 11) is 0. The Kier molecular flexibility index (Phi) is 2.46. The molecule has 0 aliphatic carbocycles. The molecule has 1 aromatic heterocycles. The third kappa shape index (κ3) is 1.58. The molecule has 0 aliphatic heterocycles. The van der Waals surface area contributed by atoms with Gasteiger partial charge in [0.25, 0.3) is 0 Å². The molecule has 1 aromatic rings. The number of halogens is 2. The maximum Gasteiger partial charge on any atom is 0.222 e. The van der Waals surface area contributed by atoms with Crippen LogP contribution in [0, 0.1) is 6.92 Å². The summed E-state index contributed by atoms with van der Waals surface area (Å²) < 4.78 is 0. The molecule has 2 nitrogen and oxygen atoms in total. The molecule has 0 bridgehead atoms. The zero-order valence-corrected chi connectivity index (χ0v) is 6.95. The van der Waals surface area contributed by atoms with Crippen molar-refractivity contribution in [3.05, 3.63) is 22.7 Å². The lowest BCUT2D eigenvalue weighted by atomic mass is 10.3. The molecule has 4 heteroatoms. The minimum absolute atomic E-state index is 0.270. The van der Waals surface area contributed by atoms with E-state index in [9.17, 15) is 0 Å². The van der Waals surface area contributed by atoms with Crippen LogP contribution in [0.3, 0.4) is 0 Å². The Labute approximate surface area is 69.2 Å². The summed E-state index contributed by atoms with van der Waals surface area (Å²) in [5, 5.41) is 0.270. The molecule has 0 atom stereocenters. The number of alkyl halides is 1. The van der Waals surface area contributed by atoms with Gasteiger partial charge in [0, 0.05) is 17.5 Å². The fourth-order valence-corrected chi connectivity index (χ4v) is 1.03. The van der Waals surface area contributed by atoms with Crippen LogP contribution in [0.25, 0.3) is 0 Å². The molecule has 0 fully saturated rings. The topological polar surface area (TPSA) is 25.8 Å². The van der Waals surface area contributed by atoms with Gasteiger partial charge in [0.15, 0.2) is 0 Å². The second kappa shape index (κ2) is 3.17. The van der Waals surface area contributed by atoms with Crippen molar-refractivity contribution >= 4 is 23.2 Å². The van der Waals surface area contributed by atoms with Gasteiger partial charge in [0.05, 0.1) is 5.88 Å². The molecule has 0 spiro atoms. The first kappa shape index (κ1) is 7.76. The molecule has 54 valence electrons. The lowest BCUT2D eigenvalue weighted by Gasteiger charge is -1.97. The van der Waals surface area contributed by atoms with Crippen molar-refractivity contribution < 1.29 is 0 Å². The quantitative estimate of drug-likeness (QED) is 0.485. The summed E-state index contributed by atoms with van der Waals surface area (Å²) in [6.07, 6.45) is 1.64. The van der Waals surface area contributed by atoms with E-state index in [1.54, 1.807) is 6.20 Å². The van der Waals surface area contributed by atoms with Crippen LogP contribution in [0.1, 0.15) is 11.3 Å². The van der Waals surface area contributed by atoms with Crippen LogP contribution in [0.5, 0.6) is 0 Å². The summed E-state index contributed by atoms with van der Waals surface area (Å²) in [6, 6.07) is 0. The standard InChI is InChI=1S/C6H6Cl2N2/c1-4-5(2-7)3-9-6(8)10-4/h3H,2H2,1H3. The molecule has 0 amide bonds. The number of aromatic nitrogens is 2. The van der Waals surface area contributed by atoms with Gasteiger partial charge in [-0.2, -0.15) is 0 Å². The molecule has 0 radical (unpaired) electrons. The molecular weight excluding hydrogens is 171 g/mol. The van der Waals surface area contributed by atoms with Crippen LogP contribution in [0.2, 0.25) is 5.28 Å². The molecule has 0 saturated carbocycles. The lowest BCUT2D eigenvalue weighted by molar-refractivity contribution is 1.05. The average Bonchev–Trinajstić information content (AvgIpc) is 1.88. The van der Waals surface area contributed by atoms with E-state index in [1.165, 1.54) is 0 Å². The largest absolute Gasteiger partial charge is 0.226 e. The van der Waals surface area contributed by atoms with Gasteiger partial charge < -0.3 is 0 Å². The van der Waals surface area contributed by atoms with E-state index in [0.717, 1.165) is 11.3 Å². The first-order valence-corrected chi connectivity index (χ1v) is 3.69. The van der Waals surface area contributed by atoms with E-state index in [1.807, 2.05) is 6.92 Å². The first-order chi connectivity index (χ1) is 4.74. The van der Waals surface area contributed by atoms with E-state index in [2.05, 4.69) is 9.97 Å². The van der Waals surface area contributed by atoms with Crippen molar-refractivity contribution in [1.29, 1.82) is 0 Å². The summed E-state index contributed by atoms with van der Waals surface area (Å²) in [4.78, 5) is 7.69. The Bertz CT molecular complexity index is 237. The van der Waals surface area contributed by atoms with Crippen molar-refractivity contribution in [3.8, 4) is 0 Å². The van der Waals surface area contributed by atoms with Gasteiger partial charge in [-0.15, -0.1) is 11.6 Å². The molecular formula is C6H6Cl2N2. The Balaban J connectivity index is 3.07. The number of rotatable bonds is 1. The Morgan fingerprint density at radius 3 is 2.80 bits per heavy atom. The molecule has 1 rings (SSSR count). The molecule has 0 aromatic carbocycles. The first-order valence-electron chi connectivity index (χ1n) is 2.78. The maximum absolute atomic E-state index is 5.56. The number of hydrogen-bond donors (Lipinski definition) is 0. The van der Waals surface area contributed by atoms with E-state index in [0.29, 0.717) is 5.88 Å². The van der Waals surface area contributed by atoms with Crippen LogP contribution in [-0.4, -0.2) is 9.97 Å². The summed E-state index contributed by atoms with van der Waals surface area (Å²) >= 11 is 11.1. The van der Waals surface area contributed by atoms with Gasteiger partial charge in [0.2, 0.25) is 5.28 Å². The normalized spacial score (nSPS) is 9.90. The molecule has 0 saturated heterocycles. The van der Waals surface area contributed by atoms with Gasteiger partial charge in [-0.3, -0.25) is 0 Å². The summed E-state index contributed by atoms with van der Waals surface area (Å²) in [5.74, 6) is 0.434. The highest BCUT2D eigenvalue weighted by Crippen LogP contribution is 2.08. The van der Waals surface area contributed by atoms with Gasteiger partial charge in [-0.1, -0.05) is 0 Å². The third-order valence-electron chi connectivity index (χ3n) is 1.20. The minimum Gasteiger partial charge on any atom is -0.226 e. The van der Waals surface area contributed by atoms with Crippen LogP contribution in [0.4, 0.5) is 0 Å². The second-order valence-corrected chi connectivity index (χ2v) is 2.49. The number of hydrogen-bond acceptors (Lipinski definition) is 2. The van der Waals surface area contributed by atoms with Crippen molar-refractivity contribution in [3.63, 3.8) is 0 Å². The van der Waals surface area contributed by atoms with E-state index in [4.69, 9.17) is 23.2 Å². The van der Waals surface area contributed by atoms with Crippen molar-refractivity contribution in [2.45, 2.75) is 12.8 Å². The highest BCUT2D eigenvalue weighted by Gasteiger charge is 1.98. The van der Waals surface area contributed by atoms with Crippen molar-refractivity contribution in [1.82, 2.24) is 9.97 Å². The zero-order chi connectivity index (χ0) is 7.56. The Hall–Kier alpha value is -0.340. The van der Waals surface area contributed by atoms with Crippen LogP contribution in [-0.2, 0) is 5.88 Å². The van der Waals surface area contributed by atoms with Crippen LogP contribution in [0.15, 0.2) is 6.20 Å². The molecule has 0 aliphatic rings. The van der Waals surface area contributed by atoms with Crippen molar-refractivity contribution in [2.24, 2.45) is 0 Å². The molecule has 0 N–H and O–H groups in total. The highest BCUT2D eigenvalue weighted by atomic mass is 35.5. The van der Waals surface area contributed by atoms with Gasteiger partial charge in [-0.25, -0.2) is 9.97 Å². The number of nitrogens with zero attached hydrogens (tertiary/aromatic N) is 2. The van der Waals surface area contributed by atoms with Gasteiger partial charge in [-0.05, 0) is 18.5 Å². The zero-order valence-electron chi connectivity index (χ0n) is 5.43. The molecule has 0 unspecified atom stereocenters. The fraction of sp³-hybridized carbons (Fsp3) is 0.333. The third-order valence-corrected chi connectivity index (χ3v) is 1.67. The lowest BCUT2D eigenvalue weighted by Crippen LogP contribution is -1.91. The fourth-order valence-electron chi connectivity index (χ4n) is 0.595. The highest BCUT2D eigenvalue weighted by molar-refractivity contribution is 6.28. The summed E-state index contributed by atoms with van der Waals surface area (Å²) in [5.41, 5.74) is 1.76. The van der Waals surface area contributed by atoms with E-state index < -0.39 is 0 Å². The number of aryl methyl sites for hydroxylation is 1. The van der Waals surface area contributed by atoms with Gasteiger partial charge in [0.1, 0.15) is 0 Å². The van der Waals surface area contributed by atoms with Crippen molar-refractivity contribution in [2.75, 3.05) is 0 Å². The summed E-state index contributed by atoms with van der Waals surface area (Å²) in [6.45, 7) is 1.85. The average molecular weight is 177 g/mol. The minimum atomic E-state index is 0.270. The molecule has 1 heterocycles. The maximum atomic E-state index is 5.56. The molecule has 10 heavy (non-hydrogen) atoms. The van der Waals surface area contributed by atoms with E-state index >= 15 is 0 Å². The monoisotopic (exact) mass is 176 g/mol. The Morgan fingerprint density at radius 1 is 1.60 bits per heavy atom. The van der Waals surface area contributed by atoms with E-state index in [-0.39, 0.29) is 5.28 Å². The Morgan fingerprint density at radius 2 is 2.30 bits per heavy atom. The predicted octanol–water partition coefficient (Wildman–Crippen LogP) is 2.18. The SMILES string of the molecule is Cc1nc(Cl)ncc1CCl. The van der Waals surface area contributed by atoms with Crippen LogP contribution >= 0.6 is 23.2 Å². The second-order valence-electron chi connectivity index (χ2n) is 1.88. The van der Waals surface area contributed by atoms with Gasteiger partial charge >= 0.3 is 0 Å². The smallest absolute Gasteiger partial charge is 0.222 e. The van der Waals surface area contributed by atoms with Crippen LogP contribution < -0.4 is 0 Å². The predicted molar refractivity (Wildman–Crippen MR) is 41.3 cm³/mol.